The summed E-state index contributed by atoms with van der Waals surface area (Å²) in [5.74, 6) is 0.684. The number of nitrogens with two attached hydrogens (primary N) is 1. The number of aromatic nitrogens is 5. The van der Waals surface area contributed by atoms with Crippen molar-refractivity contribution in [3.8, 4) is 11.3 Å². The van der Waals surface area contributed by atoms with E-state index in [1.807, 2.05) is 61.3 Å². The number of nitrogens with zero attached hydrogens (tertiary/aromatic N) is 4. The van der Waals surface area contributed by atoms with Crippen molar-refractivity contribution in [3.05, 3.63) is 49.2 Å². The first-order valence-corrected chi connectivity index (χ1v) is 9.50. The molecule has 4 rings (SSSR count). The third-order valence-corrected chi connectivity index (χ3v) is 4.51. The van der Waals surface area contributed by atoms with Crippen LogP contribution in [0.2, 0.25) is 0 Å². The predicted octanol–water partition coefficient (Wildman–Crippen LogP) is 4.19. The van der Waals surface area contributed by atoms with Crippen LogP contribution < -0.4 is 11.1 Å². The number of H-pyrrole nitrogens is 1. The van der Waals surface area contributed by atoms with Crippen LogP contribution in [0.3, 0.4) is 0 Å². The molecule has 0 amide bonds. The molecule has 0 aliphatic carbocycles. The third kappa shape index (κ3) is 3.36. The van der Waals surface area contributed by atoms with E-state index in [9.17, 15) is 0 Å². The van der Waals surface area contributed by atoms with Gasteiger partial charge in [-0.2, -0.15) is 5.10 Å². The zero-order valence-corrected chi connectivity index (χ0v) is 15.7. The summed E-state index contributed by atoms with van der Waals surface area (Å²) in [6.07, 6.45) is 11.0. The Hall–Kier alpha value is -3.00. The van der Waals surface area contributed by atoms with Crippen LogP contribution >= 0.6 is 11.8 Å². The molecule has 0 bridgehead atoms. The van der Waals surface area contributed by atoms with E-state index >= 15 is 0 Å². The average Bonchev–Trinajstić information content (AvgIpc) is 3.34. The molecule has 0 radical (unpaired) electrons. The standard InChI is InChI=1S/C16H15N7S.C2H6/c1-24-14-6-11(2-3-12(14)17)22-15-16-19-9-13(10-7-20-21-8-10)23(16)5-4-18-15;1-2/h2-9H,17H2,1H3,(H,18,22)(H,20,21);1-2H3. The highest BCUT2D eigenvalue weighted by molar-refractivity contribution is 7.98. The Morgan fingerprint density at radius 3 is 2.77 bits per heavy atom. The fraction of sp³-hybridized carbons (Fsp3) is 0.167. The third-order valence-electron chi connectivity index (χ3n) is 3.72. The number of hydrogen-bond donors (Lipinski definition) is 3. The second-order valence-electron chi connectivity index (χ2n) is 5.18. The summed E-state index contributed by atoms with van der Waals surface area (Å²) in [5.41, 5.74) is 10.3. The summed E-state index contributed by atoms with van der Waals surface area (Å²) in [7, 11) is 0. The lowest BCUT2D eigenvalue weighted by Crippen LogP contribution is -1.99. The molecule has 8 heteroatoms. The van der Waals surface area contributed by atoms with Crippen molar-refractivity contribution in [3.63, 3.8) is 0 Å². The molecule has 0 aliphatic heterocycles. The van der Waals surface area contributed by atoms with Crippen LogP contribution in [0.25, 0.3) is 16.9 Å². The van der Waals surface area contributed by atoms with Crippen molar-refractivity contribution >= 4 is 34.6 Å². The van der Waals surface area contributed by atoms with Gasteiger partial charge in [-0.15, -0.1) is 11.8 Å². The number of aromatic amines is 1. The maximum absolute atomic E-state index is 5.95. The zero-order chi connectivity index (χ0) is 18.5. The summed E-state index contributed by atoms with van der Waals surface area (Å²) in [6.45, 7) is 4.00. The van der Waals surface area contributed by atoms with Gasteiger partial charge in [-0.25, -0.2) is 9.97 Å². The van der Waals surface area contributed by atoms with Gasteiger partial charge in [0.15, 0.2) is 11.5 Å². The van der Waals surface area contributed by atoms with E-state index in [4.69, 9.17) is 5.73 Å². The van der Waals surface area contributed by atoms with Gasteiger partial charge < -0.3 is 11.1 Å². The molecule has 4 N–H and O–H groups in total. The molecular weight excluding hydrogens is 346 g/mol. The number of fused-ring (bicyclic) bond motifs is 1. The monoisotopic (exact) mass is 367 g/mol. The van der Waals surface area contributed by atoms with Crippen molar-refractivity contribution in [2.24, 2.45) is 0 Å². The van der Waals surface area contributed by atoms with Crippen LogP contribution in [0, 0.1) is 0 Å². The maximum Gasteiger partial charge on any atom is 0.180 e. The minimum Gasteiger partial charge on any atom is -0.398 e. The van der Waals surface area contributed by atoms with E-state index in [2.05, 4.69) is 25.5 Å². The molecule has 0 saturated heterocycles. The van der Waals surface area contributed by atoms with Gasteiger partial charge >= 0.3 is 0 Å². The van der Waals surface area contributed by atoms with Crippen LogP contribution in [0.5, 0.6) is 0 Å². The molecule has 0 saturated carbocycles. The van der Waals surface area contributed by atoms with Crippen molar-refractivity contribution in [1.29, 1.82) is 0 Å². The molecule has 0 aliphatic rings. The topological polar surface area (TPSA) is 96.9 Å². The summed E-state index contributed by atoms with van der Waals surface area (Å²) in [6, 6.07) is 5.82. The number of rotatable bonds is 4. The lowest BCUT2D eigenvalue weighted by Gasteiger charge is -2.10. The Morgan fingerprint density at radius 1 is 1.19 bits per heavy atom. The van der Waals surface area contributed by atoms with Crippen LogP contribution in [0.1, 0.15) is 13.8 Å². The van der Waals surface area contributed by atoms with E-state index in [0.717, 1.165) is 33.2 Å². The lowest BCUT2D eigenvalue weighted by molar-refractivity contribution is 1.09. The average molecular weight is 367 g/mol. The van der Waals surface area contributed by atoms with E-state index in [-0.39, 0.29) is 0 Å². The van der Waals surface area contributed by atoms with Crippen molar-refractivity contribution in [1.82, 2.24) is 24.6 Å². The van der Waals surface area contributed by atoms with Gasteiger partial charge in [0.05, 0.1) is 18.1 Å². The molecule has 1 aromatic carbocycles. The summed E-state index contributed by atoms with van der Waals surface area (Å²) >= 11 is 1.61. The Kier molecular flexibility index (Phi) is 5.43. The van der Waals surface area contributed by atoms with Gasteiger partial charge in [-0.3, -0.25) is 9.50 Å². The molecule has 7 nitrogen and oxygen atoms in total. The number of nitrogen functional groups attached to an aromatic ring is 1. The van der Waals surface area contributed by atoms with Gasteiger partial charge in [-0.1, -0.05) is 13.8 Å². The fourth-order valence-corrected chi connectivity index (χ4v) is 3.09. The Labute approximate surface area is 156 Å². The smallest absolute Gasteiger partial charge is 0.180 e. The quantitative estimate of drug-likeness (QED) is 0.370. The van der Waals surface area contributed by atoms with E-state index in [1.54, 1.807) is 24.2 Å². The molecule has 0 spiro atoms. The van der Waals surface area contributed by atoms with Gasteiger partial charge in [0.25, 0.3) is 0 Å². The number of benzene rings is 1. The minimum atomic E-state index is 0.684. The number of anilines is 3. The first-order chi connectivity index (χ1) is 12.8. The molecule has 3 aromatic heterocycles. The summed E-state index contributed by atoms with van der Waals surface area (Å²) < 4.78 is 1.98. The second kappa shape index (κ2) is 7.92. The second-order valence-corrected chi connectivity index (χ2v) is 6.03. The van der Waals surface area contributed by atoms with Crippen molar-refractivity contribution < 1.29 is 0 Å². The number of nitrogens with one attached hydrogen (secondary N) is 2. The van der Waals surface area contributed by atoms with Crippen LogP contribution in [-0.2, 0) is 0 Å². The number of hydrogen-bond acceptors (Lipinski definition) is 6. The SMILES string of the molecule is CC.CSc1cc(Nc2nccn3c(-c4cn[nH]c4)cnc23)ccc1N. The van der Waals surface area contributed by atoms with Gasteiger partial charge in [-0.05, 0) is 24.5 Å². The predicted molar refractivity (Wildman–Crippen MR) is 108 cm³/mol. The highest BCUT2D eigenvalue weighted by Gasteiger charge is 2.11. The van der Waals surface area contributed by atoms with Gasteiger partial charge in [0, 0.05) is 40.4 Å². The molecule has 0 unspecified atom stereocenters. The first-order valence-electron chi connectivity index (χ1n) is 8.28. The molecule has 3 heterocycles. The first kappa shape index (κ1) is 17.8. The molecule has 4 aromatic rings. The van der Waals surface area contributed by atoms with E-state index in [1.165, 1.54) is 0 Å². The summed E-state index contributed by atoms with van der Waals surface area (Å²) in [5, 5.41) is 10.1. The Bertz CT molecular complexity index is 992. The Balaban J connectivity index is 0.000000948. The highest BCUT2D eigenvalue weighted by atomic mass is 32.2. The fourth-order valence-electron chi connectivity index (χ4n) is 2.54. The van der Waals surface area contributed by atoms with E-state index in [0.29, 0.717) is 5.82 Å². The molecule has 134 valence electrons. The lowest BCUT2D eigenvalue weighted by atomic mass is 10.3. The largest absolute Gasteiger partial charge is 0.398 e. The van der Waals surface area contributed by atoms with Crippen LogP contribution in [0.4, 0.5) is 17.2 Å². The van der Waals surface area contributed by atoms with Crippen molar-refractivity contribution in [2.75, 3.05) is 17.3 Å². The summed E-state index contributed by atoms with van der Waals surface area (Å²) in [4.78, 5) is 9.94. The maximum atomic E-state index is 5.95. The molecule has 0 fully saturated rings. The number of imidazole rings is 1. The highest BCUT2D eigenvalue weighted by Crippen LogP contribution is 2.29. The number of thioether (sulfide) groups is 1. The minimum absolute atomic E-state index is 0.684. The van der Waals surface area contributed by atoms with Gasteiger partial charge in [0.1, 0.15) is 0 Å². The molecule has 0 atom stereocenters. The van der Waals surface area contributed by atoms with Gasteiger partial charge in [0.2, 0.25) is 0 Å². The normalized spacial score (nSPS) is 10.4. The van der Waals surface area contributed by atoms with Crippen molar-refractivity contribution in [2.45, 2.75) is 18.7 Å². The zero-order valence-electron chi connectivity index (χ0n) is 14.9. The molecule has 26 heavy (non-hydrogen) atoms. The molecular formula is C18H21N7S. The van der Waals surface area contributed by atoms with E-state index < -0.39 is 0 Å². The Morgan fingerprint density at radius 2 is 2.04 bits per heavy atom. The van der Waals surface area contributed by atoms with Crippen LogP contribution in [0.15, 0.2) is 54.1 Å². The van der Waals surface area contributed by atoms with Crippen LogP contribution in [-0.4, -0.2) is 30.8 Å².